The van der Waals surface area contributed by atoms with Gasteiger partial charge in [0, 0.05) is 11.8 Å². The predicted octanol–water partition coefficient (Wildman–Crippen LogP) is 3.07. The molecular weight excluding hydrogens is 242 g/mol. The average molecular weight is 257 g/mol. The van der Waals surface area contributed by atoms with Crippen LogP contribution in [0, 0.1) is 13.8 Å². The summed E-state index contributed by atoms with van der Waals surface area (Å²) < 4.78 is 5.22. The van der Waals surface area contributed by atoms with E-state index in [0.29, 0.717) is 0 Å². The van der Waals surface area contributed by atoms with Crippen LogP contribution in [0.5, 0.6) is 5.75 Å². The number of rotatable bonds is 3. The van der Waals surface area contributed by atoms with Crippen molar-refractivity contribution in [3.05, 3.63) is 47.2 Å². The van der Waals surface area contributed by atoms with E-state index in [1.807, 2.05) is 32.0 Å². The average Bonchev–Trinajstić information content (AvgIpc) is 2.38. The lowest BCUT2D eigenvalue weighted by molar-refractivity contribution is 0.0696. The molecule has 98 valence electrons. The fourth-order valence-electron chi connectivity index (χ4n) is 2.02. The Bertz CT molecular complexity index is 635. The van der Waals surface area contributed by atoms with Crippen LogP contribution < -0.4 is 4.74 Å². The fraction of sp³-hybridized carbons (Fsp3) is 0.200. The molecule has 0 fully saturated rings. The summed E-state index contributed by atoms with van der Waals surface area (Å²) in [5, 5.41) is 8.93. The highest BCUT2D eigenvalue weighted by Crippen LogP contribution is 2.27. The molecule has 2 aromatic rings. The second kappa shape index (κ2) is 5.10. The number of nitrogens with zero attached hydrogens (tertiary/aromatic N) is 1. The lowest BCUT2D eigenvalue weighted by Gasteiger charge is -2.09. The number of hydrogen-bond donors (Lipinski definition) is 1. The molecule has 0 spiro atoms. The van der Waals surface area contributed by atoms with Crippen molar-refractivity contribution in [1.29, 1.82) is 0 Å². The molecule has 0 saturated heterocycles. The van der Waals surface area contributed by atoms with Gasteiger partial charge in [0.05, 0.1) is 18.4 Å². The van der Waals surface area contributed by atoms with E-state index in [2.05, 4.69) is 4.98 Å². The summed E-state index contributed by atoms with van der Waals surface area (Å²) >= 11 is 0. The molecule has 0 unspecified atom stereocenters. The van der Waals surface area contributed by atoms with Crippen LogP contribution in [0.2, 0.25) is 0 Å². The first-order valence-corrected chi connectivity index (χ1v) is 5.88. The van der Waals surface area contributed by atoms with Gasteiger partial charge in [-0.25, -0.2) is 4.79 Å². The van der Waals surface area contributed by atoms with Gasteiger partial charge in [-0.2, -0.15) is 0 Å². The van der Waals surface area contributed by atoms with Gasteiger partial charge in [-0.1, -0.05) is 0 Å². The molecule has 19 heavy (non-hydrogen) atoms. The molecule has 0 atom stereocenters. The van der Waals surface area contributed by atoms with Crippen LogP contribution in [0.3, 0.4) is 0 Å². The fourth-order valence-corrected chi connectivity index (χ4v) is 2.02. The van der Waals surface area contributed by atoms with E-state index in [1.165, 1.54) is 6.20 Å². The highest BCUT2D eigenvalue weighted by molar-refractivity contribution is 5.88. The zero-order valence-electron chi connectivity index (χ0n) is 11.1. The quantitative estimate of drug-likeness (QED) is 0.918. The van der Waals surface area contributed by atoms with Crippen LogP contribution in [0.25, 0.3) is 11.3 Å². The SMILES string of the molecule is COc1ccc(-c2ncc(C(=O)O)cc2C)cc1C. The Morgan fingerprint density at radius 3 is 2.47 bits per heavy atom. The first-order chi connectivity index (χ1) is 9.02. The molecule has 2 rings (SSSR count). The van der Waals surface area contributed by atoms with Crippen LogP contribution in [0.1, 0.15) is 21.5 Å². The van der Waals surface area contributed by atoms with Crippen molar-refractivity contribution in [2.45, 2.75) is 13.8 Å². The third-order valence-corrected chi connectivity index (χ3v) is 2.99. The van der Waals surface area contributed by atoms with Gasteiger partial charge < -0.3 is 9.84 Å². The van der Waals surface area contributed by atoms with Gasteiger partial charge in [0.2, 0.25) is 0 Å². The van der Waals surface area contributed by atoms with Gasteiger partial charge in [-0.3, -0.25) is 4.98 Å². The second-order valence-electron chi connectivity index (χ2n) is 4.38. The molecule has 4 nitrogen and oxygen atoms in total. The summed E-state index contributed by atoms with van der Waals surface area (Å²) in [6.07, 6.45) is 1.38. The first-order valence-electron chi connectivity index (χ1n) is 5.88. The Balaban J connectivity index is 2.47. The molecule has 0 bridgehead atoms. The van der Waals surface area contributed by atoms with Gasteiger partial charge in [0.1, 0.15) is 5.75 Å². The standard InChI is InChI=1S/C15H15NO3/c1-9-6-11(4-5-13(9)19-3)14-10(2)7-12(8-16-14)15(17)18/h4-8H,1-3H3,(H,17,18). The van der Waals surface area contributed by atoms with E-state index in [0.717, 1.165) is 28.1 Å². The Kier molecular flexibility index (Phi) is 3.51. The number of hydrogen-bond acceptors (Lipinski definition) is 3. The number of carboxylic acid groups (broad SMARTS) is 1. The zero-order chi connectivity index (χ0) is 14.0. The Labute approximate surface area is 111 Å². The maximum absolute atomic E-state index is 10.9. The summed E-state index contributed by atoms with van der Waals surface area (Å²) in [5.41, 5.74) is 3.79. The minimum absolute atomic E-state index is 0.200. The van der Waals surface area contributed by atoms with Gasteiger partial charge in [0.15, 0.2) is 0 Å². The summed E-state index contributed by atoms with van der Waals surface area (Å²) in [5.74, 6) is -0.142. The molecule has 0 amide bonds. The molecule has 1 aromatic carbocycles. The molecule has 1 heterocycles. The molecular formula is C15H15NO3. The monoisotopic (exact) mass is 257 g/mol. The minimum Gasteiger partial charge on any atom is -0.496 e. The third-order valence-electron chi connectivity index (χ3n) is 2.99. The summed E-state index contributed by atoms with van der Waals surface area (Å²) in [6.45, 7) is 3.82. The molecule has 0 aliphatic rings. The Hall–Kier alpha value is -2.36. The van der Waals surface area contributed by atoms with Crippen LogP contribution in [-0.2, 0) is 0 Å². The number of aromatic carboxylic acids is 1. The first kappa shape index (κ1) is 13.1. The van der Waals surface area contributed by atoms with Crippen molar-refractivity contribution >= 4 is 5.97 Å². The maximum Gasteiger partial charge on any atom is 0.337 e. The molecule has 0 aliphatic heterocycles. The molecule has 1 aromatic heterocycles. The minimum atomic E-state index is -0.965. The maximum atomic E-state index is 10.9. The lowest BCUT2D eigenvalue weighted by Crippen LogP contribution is -1.99. The van der Waals surface area contributed by atoms with Crippen molar-refractivity contribution in [2.24, 2.45) is 0 Å². The Morgan fingerprint density at radius 1 is 1.21 bits per heavy atom. The number of aromatic nitrogens is 1. The van der Waals surface area contributed by atoms with E-state index in [4.69, 9.17) is 9.84 Å². The largest absolute Gasteiger partial charge is 0.496 e. The van der Waals surface area contributed by atoms with Gasteiger partial charge in [-0.05, 0) is 49.2 Å². The van der Waals surface area contributed by atoms with Crippen molar-refractivity contribution in [1.82, 2.24) is 4.98 Å². The number of ether oxygens (including phenoxy) is 1. The van der Waals surface area contributed by atoms with Crippen molar-refractivity contribution in [2.75, 3.05) is 7.11 Å². The van der Waals surface area contributed by atoms with Crippen LogP contribution >= 0.6 is 0 Å². The van der Waals surface area contributed by atoms with Gasteiger partial charge in [0.25, 0.3) is 0 Å². The van der Waals surface area contributed by atoms with Crippen LogP contribution in [-0.4, -0.2) is 23.2 Å². The smallest absolute Gasteiger partial charge is 0.337 e. The highest BCUT2D eigenvalue weighted by atomic mass is 16.5. The summed E-state index contributed by atoms with van der Waals surface area (Å²) in [4.78, 5) is 15.1. The summed E-state index contributed by atoms with van der Waals surface area (Å²) in [7, 11) is 1.63. The van der Waals surface area contributed by atoms with Crippen molar-refractivity contribution in [3.8, 4) is 17.0 Å². The number of aryl methyl sites for hydroxylation is 2. The van der Waals surface area contributed by atoms with Crippen molar-refractivity contribution in [3.63, 3.8) is 0 Å². The molecule has 0 aliphatic carbocycles. The number of benzene rings is 1. The predicted molar refractivity (Wildman–Crippen MR) is 72.7 cm³/mol. The number of pyridine rings is 1. The molecule has 0 radical (unpaired) electrons. The van der Waals surface area contributed by atoms with Crippen LogP contribution in [0.15, 0.2) is 30.5 Å². The molecule has 1 N–H and O–H groups in total. The second-order valence-corrected chi connectivity index (χ2v) is 4.38. The highest BCUT2D eigenvalue weighted by Gasteiger charge is 2.10. The lowest BCUT2D eigenvalue weighted by atomic mass is 10.0. The number of carbonyl (C=O) groups is 1. The normalized spacial score (nSPS) is 10.3. The molecule has 0 saturated carbocycles. The van der Waals surface area contributed by atoms with Gasteiger partial charge in [-0.15, -0.1) is 0 Å². The van der Waals surface area contributed by atoms with E-state index < -0.39 is 5.97 Å². The van der Waals surface area contributed by atoms with E-state index in [-0.39, 0.29) is 5.56 Å². The molecule has 4 heteroatoms. The van der Waals surface area contributed by atoms with Crippen molar-refractivity contribution < 1.29 is 14.6 Å². The zero-order valence-corrected chi connectivity index (χ0v) is 11.1. The van der Waals surface area contributed by atoms with Crippen LogP contribution in [0.4, 0.5) is 0 Å². The van der Waals surface area contributed by atoms with E-state index in [9.17, 15) is 4.79 Å². The van der Waals surface area contributed by atoms with E-state index >= 15 is 0 Å². The Morgan fingerprint density at radius 2 is 1.95 bits per heavy atom. The van der Waals surface area contributed by atoms with E-state index in [1.54, 1.807) is 13.2 Å². The number of carboxylic acids is 1. The van der Waals surface area contributed by atoms with Gasteiger partial charge >= 0.3 is 5.97 Å². The third kappa shape index (κ3) is 2.57. The summed E-state index contributed by atoms with van der Waals surface area (Å²) in [6, 6.07) is 7.41. The number of methoxy groups -OCH3 is 1. The topological polar surface area (TPSA) is 59.4 Å².